The Morgan fingerprint density at radius 1 is 1.00 bits per heavy atom. The van der Waals surface area contributed by atoms with E-state index in [1.165, 1.54) is 0 Å². The van der Waals surface area contributed by atoms with Crippen LogP contribution < -0.4 is 0 Å². The van der Waals surface area contributed by atoms with Crippen molar-refractivity contribution < 1.29 is 14.0 Å². The van der Waals surface area contributed by atoms with E-state index in [0.717, 1.165) is 5.56 Å². The predicted molar refractivity (Wildman–Crippen MR) is 95.7 cm³/mol. The van der Waals surface area contributed by atoms with Crippen molar-refractivity contribution >= 4 is 21.9 Å². The maximum Gasteiger partial charge on any atom is 0.227 e. The first-order chi connectivity index (χ1) is 13.9. The number of hydrogen-bond acceptors (Lipinski definition) is 2. The highest BCUT2D eigenvalue weighted by atomic mass is 16.3. The Labute approximate surface area is 145 Å². The first kappa shape index (κ1) is 8.30. The minimum Gasteiger partial charge on any atom is -0.436 e. The molecule has 0 spiro atoms. The summed E-state index contributed by atoms with van der Waals surface area (Å²) in [4.78, 5) is 4.44. The monoisotopic (exact) mass is 308 g/mol. The fourth-order valence-corrected chi connectivity index (χ4v) is 2.53. The largest absolute Gasteiger partial charge is 0.436 e. The number of aromatic nitrogens is 1. The fraction of sp³-hybridized carbons (Fsp3) is 0.190. The number of nitrogens with zero attached hydrogens (tertiary/aromatic N) is 1. The molecule has 0 N–H and O–H groups in total. The molecule has 0 radical (unpaired) electrons. The standard InChI is InChI=1S/C21H19NO/c1-21(2,3)17-9-6-10-18-19(17)23-20(22-18)16-12-11-14-7-4-5-8-15(14)13-16/h4-13H,1-3H3/i4D,5D,7D,8D,11D,12D,13D. The van der Waals surface area contributed by atoms with Gasteiger partial charge in [0.1, 0.15) is 5.52 Å². The molecule has 23 heavy (non-hydrogen) atoms. The topological polar surface area (TPSA) is 26.0 Å². The number of rotatable bonds is 1. The molecular weight excluding hydrogens is 282 g/mol. The molecule has 0 saturated carbocycles. The van der Waals surface area contributed by atoms with Crippen molar-refractivity contribution in [2.24, 2.45) is 0 Å². The molecule has 0 aliphatic heterocycles. The summed E-state index contributed by atoms with van der Waals surface area (Å²) in [5, 5.41) is -0.262. The van der Waals surface area contributed by atoms with Crippen LogP contribution in [0, 0.1) is 0 Å². The molecule has 3 aromatic carbocycles. The van der Waals surface area contributed by atoms with E-state index in [0.29, 0.717) is 11.1 Å². The van der Waals surface area contributed by atoms with E-state index in [4.69, 9.17) is 14.0 Å². The van der Waals surface area contributed by atoms with Crippen LogP contribution in [0.25, 0.3) is 33.3 Å². The molecule has 1 heterocycles. The van der Waals surface area contributed by atoms with Gasteiger partial charge in [-0.1, -0.05) is 63.1 Å². The Morgan fingerprint density at radius 3 is 2.57 bits per heavy atom. The molecule has 114 valence electrons. The van der Waals surface area contributed by atoms with Gasteiger partial charge in [0.2, 0.25) is 5.89 Å². The highest BCUT2D eigenvalue weighted by molar-refractivity contribution is 5.87. The molecule has 0 aliphatic carbocycles. The molecule has 0 bridgehead atoms. The van der Waals surface area contributed by atoms with Crippen LogP contribution in [0.4, 0.5) is 0 Å². The second-order valence-corrected chi connectivity index (χ2v) is 6.42. The van der Waals surface area contributed by atoms with Crippen molar-refractivity contribution in [3.63, 3.8) is 0 Å². The molecule has 0 amide bonds. The Morgan fingerprint density at radius 2 is 1.78 bits per heavy atom. The molecule has 0 unspecified atom stereocenters. The third-order valence-electron chi connectivity index (χ3n) is 3.69. The Hall–Kier alpha value is -2.61. The lowest BCUT2D eigenvalue weighted by atomic mass is 9.86. The number of oxazole rings is 1. The maximum absolute atomic E-state index is 8.62. The van der Waals surface area contributed by atoms with Gasteiger partial charge in [0, 0.05) is 11.1 Å². The molecule has 0 atom stereocenters. The number of para-hydroxylation sites is 1. The lowest BCUT2D eigenvalue weighted by molar-refractivity contribution is 0.561. The summed E-state index contributed by atoms with van der Waals surface area (Å²) >= 11 is 0. The van der Waals surface area contributed by atoms with Gasteiger partial charge in [-0.05, 0) is 34.3 Å². The van der Waals surface area contributed by atoms with Gasteiger partial charge >= 0.3 is 0 Å². The highest BCUT2D eigenvalue weighted by Gasteiger charge is 2.20. The molecule has 4 rings (SSSR count). The van der Waals surface area contributed by atoms with Crippen LogP contribution in [-0.2, 0) is 5.41 Å². The molecule has 2 nitrogen and oxygen atoms in total. The normalized spacial score (nSPS) is 16.4. The van der Waals surface area contributed by atoms with Crippen LogP contribution in [-0.4, -0.2) is 4.98 Å². The van der Waals surface area contributed by atoms with E-state index < -0.39 is 24.2 Å². The minimum absolute atomic E-state index is 0.0143. The third kappa shape index (κ3) is 2.40. The van der Waals surface area contributed by atoms with Crippen molar-refractivity contribution in [1.29, 1.82) is 0 Å². The van der Waals surface area contributed by atoms with Crippen LogP contribution in [0.3, 0.4) is 0 Å². The maximum atomic E-state index is 8.62. The summed E-state index contributed by atoms with van der Waals surface area (Å²) in [5.41, 5.74) is 1.70. The lowest BCUT2D eigenvalue weighted by Gasteiger charge is -2.18. The molecule has 1 aromatic heterocycles. The van der Waals surface area contributed by atoms with Crippen molar-refractivity contribution in [2.75, 3.05) is 0 Å². The number of benzene rings is 3. The average molecular weight is 308 g/mol. The molecular formula is C21H19NO. The van der Waals surface area contributed by atoms with E-state index in [1.807, 2.05) is 32.9 Å². The summed E-state index contributed by atoms with van der Waals surface area (Å²) in [5.74, 6) is -0.0143. The van der Waals surface area contributed by atoms with Crippen LogP contribution >= 0.6 is 0 Å². The second kappa shape index (κ2) is 4.95. The van der Waals surface area contributed by atoms with Gasteiger partial charge in [0.15, 0.2) is 5.58 Å². The smallest absolute Gasteiger partial charge is 0.227 e. The van der Waals surface area contributed by atoms with Gasteiger partial charge in [-0.2, -0.15) is 0 Å². The first-order valence-electron chi connectivity index (χ1n) is 10.8. The third-order valence-corrected chi connectivity index (χ3v) is 3.69. The lowest BCUT2D eigenvalue weighted by Crippen LogP contribution is -2.10. The van der Waals surface area contributed by atoms with Crippen LogP contribution in [0.15, 0.2) is 64.9 Å². The molecule has 0 aliphatic rings. The highest BCUT2D eigenvalue weighted by Crippen LogP contribution is 2.33. The van der Waals surface area contributed by atoms with Gasteiger partial charge in [-0.3, -0.25) is 0 Å². The Balaban J connectivity index is 2.13. The average Bonchev–Trinajstić information content (AvgIpc) is 3.10. The van der Waals surface area contributed by atoms with E-state index >= 15 is 0 Å². The number of hydrogen-bond donors (Lipinski definition) is 0. The van der Waals surface area contributed by atoms with E-state index in [9.17, 15) is 0 Å². The predicted octanol–water partition coefficient (Wildman–Crippen LogP) is 5.95. The van der Waals surface area contributed by atoms with Crippen molar-refractivity contribution in [3.8, 4) is 11.5 Å². The van der Waals surface area contributed by atoms with E-state index in [-0.39, 0.29) is 45.8 Å². The van der Waals surface area contributed by atoms with Crippen LogP contribution in [0.2, 0.25) is 0 Å². The zero-order chi connectivity index (χ0) is 22.1. The number of fused-ring (bicyclic) bond motifs is 2. The van der Waals surface area contributed by atoms with Gasteiger partial charge < -0.3 is 4.42 Å². The van der Waals surface area contributed by atoms with Crippen LogP contribution in [0.1, 0.15) is 35.9 Å². The summed E-state index contributed by atoms with van der Waals surface area (Å²) < 4.78 is 63.5. The van der Waals surface area contributed by atoms with Gasteiger partial charge in [-0.15, -0.1) is 0 Å². The van der Waals surface area contributed by atoms with Crippen molar-refractivity contribution in [3.05, 3.63) is 66.1 Å². The fourth-order valence-electron chi connectivity index (χ4n) is 2.53. The minimum atomic E-state index is -0.496. The van der Waals surface area contributed by atoms with E-state index in [2.05, 4.69) is 4.98 Å². The van der Waals surface area contributed by atoms with Gasteiger partial charge in [-0.25, -0.2) is 4.98 Å². The van der Waals surface area contributed by atoms with Gasteiger partial charge in [0.05, 0.1) is 9.60 Å². The quantitative estimate of drug-likeness (QED) is 0.434. The molecule has 4 aromatic rings. The van der Waals surface area contributed by atoms with Crippen molar-refractivity contribution in [2.45, 2.75) is 26.2 Å². The zero-order valence-electron chi connectivity index (χ0n) is 20.1. The summed E-state index contributed by atoms with van der Waals surface area (Å²) in [6.07, 6.45) is 0. The second-order valence-electron chi connectivity index (χ2n) is 6.42. The summed E-state index contributed by atoms with van der Waals surface area (Å²) in [6.45, 7) is 6.10. The molecule has 2 heteroatoms. The van der Waals surface area contributed by atoms with E-state index in [1.54, 1.807) is 6.07 Å². The first-order valence-corrected chi connectivity index (χ1v) is 7.35. The molecule has 0 saturated heterocycles. The van der Waals surface area contributed by atoms with Gasteiger partial charge in [0.25, 0.3) is 0 Å². The Bertz CT molecular complexity index is 1350. The van der Waals surface area contributed by atoms with Crippen LogP contribution in [0.5, 0.6) is 0 Å². The summed E-state index contributed by atoms with van der Waals surface area (Å²) in [6, 6.07) is 2.65. The Kier molecular flexibility index (Phi) is 1.79. The summed E-state index contributed by atoms with van der Waals surface area (Å²) in [7, 11) is 0. The van der Waals surface area contributed by atoms with Crippen molar-refractivity contribution in [1.82, 2.24) is 4.98 Å². The molecule has 0 fully saturated rings. The zero-order valence-corrected chi connectivity index (χ0v) is 13.1. The SMILES string of the molecule is [2H]c1c([2H])c([2H])c2c([2H])c(-c3nc4cccc(C(C)(C)C)c4o3)c([2H])c([2H])c2c1[2H].